The maximum atomic E-state index is 11.8. The molecule has 7 heteroatoms. The first-order valence-corrected chi connectivity index (χ1v) is 5.30. The lowest BCUT2D eigenvalue weighted by Gasteiger charge is -2.11. The van der Waals surface area contributed by atoms with Crippen molar-refractivity contribution in [2.24, 2.45) is 5.73 Å². The average molecular weight is 250 g/mol. The van der Waals surface area contributed by atoms with Gasteiger partial charge in [0.25, 0.3) is 0 Å². The van der Waals surface area contributed by atoms with Crippen LogP contribution in [0, 0.1) is 0 Å². The molecule has 0 aliphatic heterocycles. The summed E-state index contributed by atoms with van der Waals surface area (Å²) in [6.07, 6.45) is 0. The van der Waals surface area contributed by atoms with Gasteiger partial charge in [0.05, 0.1) is 26.5 Å². The molecule has 0 atom stereocenters. The Morgan fingerprint density at radius 2 is 2.17 bits per heavy atom. The number of nitrogens with zero attached hydrogens (tertiary/aromatic N) is 2. The van der Waals surface area contributed by atoms with Gasteiger partial charge >= 0.3 is 5.69 Å². The number of ether oxygens (including phenoxy) is 2. The Morgan fingerprint density at radius 3 is 2.78 bits per heavy atom. The van der Waals surface area contributed by atoms with Crippen LogP contribution in [0.15, 0.2) is 23.0 Å². The number of hydrogen-bond acceptors (Lipinski definition) is 5. The van der Waals surface area contributed by atoms with E-state index in [2.05, 4.69) is 10.2 Å². The number of nitrogens with one attached hydrogen (secondary N) is 1. The highest BCUT2D eigenvalue weighted by Crippen LogP contribution is 2.27. The monoisotopic (exact) mass is 250 g/mol. The lowest BCUT2D eigenvalue weighted by molar-refractivity contribution is 0.401. The highest BCUT2D eigenvalue weighted by Gasteiger charge is 2.14. The molecule has 0 aliphatic carbocycles. The van der Waals surface area contributed by atoms with E-state index in [4.69, 9.17) is 15.2 Å². The van der Waals surface area contributed by atoms with Crippen molar-refractivity contribution in [3.8, 4) is 17.2 Å². The molecule has 0 saturated carbocycles. The highest BCUT2D eigenvalue weighted by molar-refractivity contribution is 5.51. The Labute approximate surface area is 103 Å². The fraction of sp³-hybridized carbons (Fsp3) is 0.273. The van der Waals surface area contributed by atoms with Crippen LogP contribution in [0.5, 0.6) is 11.5 Å². The first-order chi connectivity index (χ1) is 8.71. The molecule has 1 heterocycles. The minimum Gasteiger partial charge on any atom is -0.497 e. The SMILES string of the molecule is COc1ccc(OC)c(-n2c(CN)n[nH]c2=O)c1. The van der Waals surface area contributed by atoms with Crippen LogP contribution >= 0.6 is 0 Å². The predicted molar refractivity (Wildman–Crippen MR) is 65.2 cm³/mol. The average Bonchev–Trinajstić information content (AvgIpc) is 2.78. The smallest absolute Gasteiger partial charge is 0.348 e. The van der Waals surface area contributed by atoms with E-state index in [-0.39, 0.29) is 12.2 Å². The van der Waals surface area contributed by atoms with Gasteiger partial charge in [-0.2, -0.15) is 5.10 Å². The summed E-state index contributed by atoms with van der Waals surface area (Å²) in [4.78, 5) is 11.8. The lowest BCUT2D eigenvalue weighted by atomic mass is 10.2. The Hall–Kier alpha value is -2.28. The van der Waals surface area contributed by atoms with Crippen molar-refractivity contribution in [2.45, 2.75) is 6.54 Å². The van der Waals surface area contributed by atoms with E-state index in [1.165, 1.54) is 11.7 Å². The molecule has 0 unspecified atom stereocenters. The number of H-pyrrole nitrogens is 1. The summed E-state index contributed by atoms with van der Waals surface area (Å²) in [5.74, 6) is 1.57. The molecule has 0 radical (unpaired) electrons. The first-order valence-electron chi connectivity index (χ1n) is 5.30. The van der Waals surface area contributed by atoms with Crippen molar-refractivity contribution >= 4 is 0 Å². The van der Waals surface area contributed by atoms with Crippen LogP contribution < -0.4 is 20.9 Å². The van der Waals surface area contributed by atoms with Crippen molar-refractivity contribution in [2.75, 3.05) is 14.2 Å². The van der Waals surface area contributed by atoms with Crippen LogP contribution in [0.3, 0.4) is 0 Å². The maximum absolute atomic E-state index is 11.8. The van der Waals surface area contributed by atoms with E-state index in [1.807, 2.05) is 0 Å². The summed E-state index contributed by atoms with van der Waals surface area (Å²) in [6.45, 7) is 0.138. The van der Waals surface area contributed by atoms with E-state index in [0.29, 0.717) is 23.0 Å². The van der Waals surface area contributed by atoms with Crippen LogP contribution in [-0.2, 0) is 6.54 Å². The zero-order chi connectivity index (χ0) is 13.1. The molecule has 0 fully saturated rings. The maximum Gasteiger partial charge on any atom is 0.348 e. The Balaban J connectivity index is 2.68. The third-order valence-corrected chi connectivity index (χ3v) is 2.55. The molecule has 0 aliphatic rings. The summed E-state index contributed by atoms with van der Waals surface area (Å²) >= 11 is 0. The number of rotatable bonds is 4. The van der Waals surface area contributed by atoms with Crippen LogP contribution in [0.4, 0.5) is 0 Å². The zero-order valence-corrected chi connectivity index (χ0v) is 10.1. The van der Waals surface area contributed by atoms with Gasteiger partial charge in [-0.1, -0.05) is 0 Å². The molecule has 0 saturated heterocycles. The first kappa shape index (κ1) is 12.2. The summed E-state index contributed by atoms with van der Waals surface area (Å²) in [6, 6.07) is 5.15. The van der Waals surface area contributed by atoms with Crippen molar-refractivity contribution in [3.05, 3.63) is 34.5 Å². The molecule has 18 heavy (non-hydrogen) atoms. The Morgan fingerprint density at radius 1 is 1.39 bits per heavy atom. The number of nitrogens with two attached hydrogens (primary N) is 1. The van der Waals surface area contributed by atoms with Crippen molar-refractivity contribution in [1.82, 2.24) is 14.8 Å². The van der Waals surface area contributed by atoms with Gasteiger partial charge in [-0.15, -0.1) is 0 Å². The van der Waals surface area contributed by atoms with E-state index < -0.39 is 0 Å². The van der Waals surface area contributed by atoms with Gasteiger partial charge in [-0.3, -0.25) is 0 Å². The van der Waals surface area contributed by atoms with E-state index in [9.17, 15) is 4.79 Å². The standard InChI is InChI=1S/C11H14N4O3/c1-17-7-3-4-9(18-2)8(5-7)15-10(6-12)13-14-11(15)16/h3-5H,6,12H2,1-2H3,(H,14,16). The second-order valence-electron chi connectivity index (χ2n) is 3.52. The largest absolute Gasteiger partial charge is 0.497 e. The molecule has 0 bridgehead atoms. The lowest BCUT2D eigenvalue weighted by Crippen LogP contribution is -2.19. The third kappa shape index (κ3) is 1.95. The molecule has 2 rings (SSSR count). The molecule has 2 aromatic rings. The second kappa shape index (κ2) is 4.92. The molecule has 0 amide bonds. The number of hydrogen-bond donors (Lipinski definition) is 2. The van der Waals surface area contributed by atoms with Crippen molar-refractivity contribution < 1.29 is 9.47 Å². The second-order valence-corrected chi connectivity index (χ2v) is 3.52. The summed E-state index contributed by atoms with van der Waals surface area (Å²) in [5.41, 5.74) is 5.71. The Bertz CT molecular complexity index is 603. The minimum atomic E-state index is -0.373. The van der Waals surface area contributed by atoms with Crippen molar-refractivity contribution in [1.29, 1.82) is 0 Å². The number of aromatic nitrogens is 3. The fourth-order valence-electron chi connectivity index (χ4n) is 1.69. The summed E-state index contributed by atoms with van der Waals surface area (Å²) in [7, 11) is 3.08. The highest BCUT2D eigenvalue weighted by atomic mass is 16.5. The fourth-order valence-corrected chi connectivity index (χ4v) is 1.69. The summed E-state index contributed by atoms with van der Waals surface area (Å²) < 4.78 is 11.7. The molecule has 1 aromatic carbocycles. The topological polar surface area (TPSA) is 95.2 Å². The normalized spacial score (nSPS) is 10.4. The van der Waals surface area contributed by atoms with Crippen LogP contribution in [0.2, 0.25) is 0 Å². The number of aromatic amines is 1. The molecule has 3 N–H and O–H groups in total. The van der Waals surface area contributed by atoms with E-state index in [0.717, 1.165) is 0 Å². The van der Waals surface area contributed by atoms with Gasteiger partial charge in [-0.25, -0.2) is 14.5 Å². The van der Waals surface area contributed by atoms with E-state index in [1.54, 1.807) is 25.3 Å². The van der Waals surface area contributed by atoms with Crippen LogP contribution in [0.1, 0.15) is 5.82 Å². The molecule has 7 nitrogen and oxygen atoms in total. The zero-order valence-electron chi connectivity index (χ0n) is 10.1. The molecule has 0 spiro atoms. The Kier molecular flexibility index (Phi) is 3.33. The molecular weight excluding hydrogens is 236 g/mol. The summed E-state index contributed by atoms with van der Waals surface area (Å²) in [5, 5.41) is 6.20. The van der Waals surface area contributed by atoms with Gasteiger partial charge in [0.2, 0.25) is 0 Å². The molecule has 1 aromatic heterocycles. The third-order valence-electron chi connectivity index (χ3n) is 2.55. The van der Waals surface area contributed by atoms with Gasteiger partial charge in [-0.05, 0) is 12.1 Å². The van der Waals surface area contributed by atoms with Crippen molar-refractivity contribution in [3.63, 3.8) is 0 Å². The van der Waals surface area contributed by atoms with Crippen LogP contribution in [0.25, 0.3) is 5.69 Å². The van der Waals surface area contributed by atoms with E-state index >= 15 is 0 Å². The van der Waals surface area contributed by atoms with Gasteiger partial charge in [0.15, 0.2) is 5.82 Å². The minimum absolute atomic E-state index is 0.138. The quantitative estimate of drug-likeness (QED) is 0.798. The van der Waals surface area contributed by atoms with Gasteiger partial charge in [0, 0.05) is 6.07 Å². The number of methoxy groups -OCH3 is 2. The molecular formula is C11H14N4O3. The number of benzene rings is 1. The molecule has 96 valence electrons. The van der Waals surface area contributed by atoms with Gasteiger partial charge < -0.3 is 15.2 Å². The predicted octanol–water partition coefficient (Wildman–Crippen LogP) is 0.0365. The van der Waals surface area contributed by atoms with Gasteiger partial charge in [0.1, 0.15) is 11.5 Å². The van der Waals surface area contributed by atoms with Crippen LogP contribution in [-0.4, -0.2) is 29.0 Å².